The quantitative estimate of drug-likeness (QED) is 0.829. The predicted octanol–water partition coefficient (Wildman–Crippen LogP) is 1.01. The van der Waals surface area contributed by atoms with Crippen LogP contribution in [0.4, 0.5) is 4.79 Å². The van der Waals surface area contributed by atoms with Crippen molar-refractivity contribution in [2.75, 3.05) is 57.4 Å². The smallest absolute Gasteiger partial charge is 0.317 e. The molecule has 0 radical (unpaired) electrons. The topological polar surface area (TPSA) is 54.0 Å². The molecule has 0 aromatic carbocycles. The number of nitrogens with zero attached hydrogens (tertiary/aromatic N) is 2. The molecule has 0 spiro atoms. The van der Waals surface area contributed by atoms with E-state index in [1.807, 2.05) is 30.5 Å². The van der Waals surface area contributed by atoms with Gasteiger partial charge in [-0.3, -0.25) is 4.90 Å². The molecule has 3 atom stereocenters. The van der Waals surface area contributed by atoms with Crippen molar-refractivity contribution in [3.05, 3.63) is 0 Å². The summed E-state index contributed by atoms with van der Waals surface area (Å²) in [5.41, 5.74) is 0.105. The van der Waals surface area contributed by atoms with Crippen LogP contribution in [0.2, 0.25) is 0 Å². The fourth-order valence-electron chi connectivity index (χ4n) is 3.83. The number of carbonyl (C=O) groups excluding carboxylic acids is 1. The summed E-state index contributed by atoms with van der Waals surface area (Å²) in [5.74, 6) is 2.28. The maximum Gasteiger partial charge on any atom is 0.317 e. The van der Waals surface area contributed by atoms with Gasteiger partial charge in [-0.15, -0.1) is 0 Å². The van der Waals surface area contributed by atoms with Crippen LogP contribution in [-0.4, -0.2) is 91.0 Å². The highest BCUT2D eigenvalue weighted by molar-refractivity contribution is 7.99. The first-order valence-electron chi connectivity index (χ1n) is 8.68. The van der Waals surface area contributed by atoms with Crippen molar-refractivity contribution in [3.8, 4) is 0 Å². The van der Waals surface area contributed by atoms with Gasteiger partial charge >= 0.3 is 6.03 Å². The molecule has 132 valence electrons. The Kier molecular flexibility index (Phi) is 5.72. The van der Waals surface area contributed by atoms with E-state index < -0.39 is 0 Å². The molecule has 0 unspecified atom stereocenters. The number of thioether (sulfide) groups is 1. The summed E-state index contributed by atoms with van der Waals surface area (Å²) in [6.45, 7) is 9.70. The Balaban J connectivity index is 1.57. The third-order valence-electron chi connectivity index (χ3n) is 5.04. The van der Waals surface area contributed by atoms with Gasteiger partial charge in [0.2, 0.25) is 0 Å². The molecular formula is C16H29N3O3S. The highest BCUT2D eigenvalue weighted by Crippen LogP contribution is 2.33. The largest absolute Gasteiger partial charge is 0.379 e. The highest BCUT2D eigenvalue weighted by atomic mass is 32.2. The Morgan fingerprint density at radius 3 is 2.57 bits per heavy atom. The number of morpholine rings is 2. The van der Waals surface area contributed by atoms with Gasteiger partial charge in [0.05, 0.1) is 25.4 Å². The minimum absolute atomic E-state index is 0.0523. The van der Waals surface area contributed by atoms with Gasteiger partial charge in [0.25, 0.3) is 0 Å². The molecule has 2 amide bonds. The Hall–Kier alpha value is -0.500. The third-order valence-corrected chi connectivity index (χ3v) is 6.27. The Morgan fingerprint density at radius 1 is 1.26 bits per heavy atom. The van der Waals surface area contributed by atoms with Gasteiger partial charge in [-0.25, -0.2) is 4.79 Å². The summed E-state index contributed by atoms with van der Waals surface area (Å²) < 4.78 is 11.2. The van der Waals surface area contributed by atoms with Crippen molar-refractivity contribution in [1.82, 2.24) is 15.1 Å². The van der Waals surface area contributed by atoms with Gasteiger partial charge in [0.1, 0.15) is 0 Å². The summed E-state index contributed by atoms with van der Waals surface area (Å²) in [6, 6.07) is 0.0523. The number of amides is 2. The number of nitrogens with one attached hydrogen (secondary N) is 1. The van der Waals surface area contributed by atoms with Gasteiger partial charge in [-0.2, -0.15) is 11.8 Å². The standard InChI is InChI=1S/C16H29N3O3S/c1-13-9-18(10-14(2)22-13)15(20)17-11-16(3-8-23-12-16)19-4-6-21-7-5-19/h13-14H,3-12H2,1-2H3,(H,17,20)/t13-,14-,16+/m1/s1. The summed E-state index contributed by atoms with van der Waals surface area (Å²) >= 11 is 2.00. The molecular weight excluding hydrogens is 314 g/mol. The molecule has 0 aliphatic carbocycles. The second-order valence-electron chi connectivity index (χ2n) is 6.95. The summed E-state index contributed by atoms with van der Waals surface area (Å²) in [6.07, 6.45) is 1.37. The number of urea groups is 1. The van der Waals surface area contributed by atoms with Crippen LogP contribution >= 0.6 is 11.8 Å². The number of rotatable bonds is 3. The SMILES string of the molecule is C[C@@H]1CN(C(=O)NC[C@@]2(N3CCOCC3)CCSC2)C[C@@H](C)O1. The Morgan fingerprint density at radius 2 is 1.96 bits per heavy atom. The molecule has 0 aromatic heterocycles. The average molecular weight is 343 g/mol. The van der Waals surface area contributed by atoms with Crippen LogP contribution in [0.15, 0.2) is 0 Å². The lowest BCUT2D eigenvalue weighted by Crippen LogP contribution is -2.61. The zero-order chi connectivity index (χ0) is 16.3. The molecule has 6 nitrogen and oxygen atoms in total. The lowest BCUT2D eigenvalue weighted by atomic mass is 9.95. The first kappa shape index (κ1) is 17.3. The normalized spacial score (nSPS) is 36.2. The summed E-state index contributed by atoms with van der Waals surface area (Å²) in [5, 5.41) is 3.21. The van der Waals surface area contributed by atoms with Crippen LogP contribution in [0.5, 0.6) is 0 Å². The van der Waals surface area contributed by atoms with E-state index in [0.29, 0.717) is 13.1 Å². The van der Waals surface area contributed by atoms with Gasteiger partial charge in [0.15, 0.2) is 0 Å². The van der Waals surface area contributed by atoms with E-state index in [4.69, 9.17) is 9.47 Å². The number of hydrogen-bond acceptors (Lipinski definition) is 5. The molecule has 0 aromatic rings. The third kappa shape index (κ3) is 4.13. The van der Waals surface area contributed by atoms with Crippen molar-refractivity contribution in [3.63, 3.8) is 0 Å². The summed E-state index contributed by atoms with van der Waals surface area (Å²) in [4.78, 5) is 17.0. The molecule has 7 heteroatoms. The van der Waals surface area contributed by atoms with Gasteiger partial charge in [-0.05, 0) is 26.0 Å². The first-order valence-corrected chi connectivity index (χ1v) is 9.83. The minimum atomic E-state index is 0.0523. The van der Waals surface area contributed by atoms with E-state index in [-0.39, 0.29) is 23.8 Å². The fourth-order valence-corrected chi connectivity index (χ4v) is 5.31. The highest BCUT2D eigenvalue weighted by Gasteiger charge is 2.41. The molecule has 0 bridgehead atoms. The second-order valence-corrected chi connectivity index (χ2v) is 8.05. The second kappa shape index (κ2) is 7.59. The van der Waals surface area contributed by atoms with Gasteiger partial charge in [-0.1, -0.05) is 0 Å². The van der Waals surface area contributed by atoms with E-state index >= 15 is 0 Å². The Bertz CT molecular complexity index is 401. The van der Waals surface area contributed by atoms with Crippen LogP contribution in [-0.2, 0) is 9.47 Å². The maximum absolute atomic E-state index is 12.6. The average Bonchev–Trinajstić information content (AvgIpc) is 3.03. The molecule has 0 saturated carbocycles. The van der Waals surface area contributed by atoms with Crippen LogP contribution in [0.25, 0.3) is 0 Å². The van der Waals surface area contributed by atoms with Crippen molar-refractivity contribution in [2.24, 2.45) is 0 Å². The van der Waals surface area contributed by atoms with E-state index in [1.54, 1.807) is 0 Å². The van der Waals surface area contributed by atoms with Crippen LogP contribution < -0.4 is 5.32 Å². The number of ether oxygens (including phenoxy) is 2. The molecule has 3 aliphatic heterocycles. The minimum Gasteiger partial charge on any atom is -0.379 e. The first-order chi connectivity index (χ1) is 11.1. The molecule has 3 aliphatic rings. The number of carbonyl (C=O) groups is 1. The van der Waals surface area contributed by atoms with Gasteiger partial charge in [0, 0.05) is 44.0 Å². The molecule has 23 heavy (non-hydrogen) atoms. The monoisotopic (exact) mass is 343 g/mol. The van der Waals surface area contributed by atoms with Crippen molar-refractivity contribution >= 4 is 17.8 Å². The van der Waals surface area contributed by atoms with E-state index in [2.05, 4.69) is 10.2 Å². The molecule has 3 heterocycles. The van der Waals surface area contributed by atoms with E-state index in [9.17, 15) is 4.79 Å². The zero-order valence-electron chi connectivity index (χ0n) is 14.3. The van der Waals surface area contributed by atoms with Crippen molar-refractivity contribution in [1.29, 1.82) is 0 Å². The zero-order valence-corrected chi connectivity index (χ0v) is 15.1. The lowest BCUT2D eigenvalue weighted by molar-refractivity contribution is -0.0552. The van der Waals surface area contributed by atoms with Gasteiger partial charge < -0.3 is 19.7 Å². The molecule has 3 rings (SSSR count). The molecule has 3 saturated heterocycles. The van der Waals surface area contributed by atoms with Crippen molar-refractivity contribution < 1.29 is 14.3 Å². The molecule has 3 fully saturated rings. The van der Waals surface area contributed by atoms with Crippen LogP contribution in [0.1, 0.15) is 20.3 Å². The fraction of sp³-hybridized carbons (Fsp3) is 0.938. The van der Waals surface area contributed by atoms with Crippen LogP contribution in [0.3, 0.4) is 0 Å². The van der Waals surface area contributed by atoms with Crippen LogP contribution in [0, 0.1) is 0 Å². The maximum atomic E-state index is 12.6. The predicted molar refractivity (Wildman–Crippen MR) is 92.0 cm³/mol. The summed E-state index contributed by atoms with van der Waals surface area (Å²) in [7, 11) is 0. The van der Waals surface area contributed by atoms with Crippen molar-refractivity contribution in [2.45, 2.75) is 38.0 Å². The van der Waals surface area contributed by atoms with E-state index in [0.717, 1.165) is 45.0 Å². The molecule has 1 N–H and O–H groups in total. The lowest BCUT2D eigenvalue weighted by Gasteiger charge is -2.43. The Labute approximate surface area is 143 Å². The number of hydrogen-bond donors (Lipinski definition) is 1. The van der Waals surface area contributed by atoms with E-state index in [1.165, 1.54) is 5.75 Å².